The van der Waals surface area contributed by atoms with E-state index in [2.05, 4.69) is 10.3 Å². The van der Waals surface area contributed by atoms with Crippen LogP contribution < -0.4 is 15.9 Å². The number of hydrogen-bond donors (Lipinski definition) is 2. The number of carbonyl (C=O) groups is 1. The van der Waals surface area contributed by atoms with Gasteiger partial charge >= 0.3 is 5.97 Å². The van der Waals surface area contributed by atoms with E-state index in [0.717, 1.165) is 16.3 Å². The predicted molar refractivity (Wildman–Crippen MR) is 106 cm³/mol. The Balaban J connectivity index is 1.82. The number of carboxylic acid groups (broad SMARTS) is 1. The molecule has 1 unspecified atom stereocenters. The zero-order valence-corrected chi connectivity index (χ0v) is 15.2. The summed E-state index contributed by atoms with van der Waals surface area (Å²) in [4.78, 5) is 16.4. The largest absolute Gasteiger partial charge is 0.480 e. The van der Waals surface area contributed by atoms with Crippen LogP contribution in [-0.2, 0) is 11.2 Å². The number of rotatable bonds is 8. The minimum atomic E-state index is -1.07. The van der Waals surface area contributed by atoms with Crippen molar-refractivity contribution in [2.45, 2.75) is 12.2 Å². The zero-order chi connectivity index (χ0) is 18.2. The highest BCUT2D eigenvalue weighted by Crippen LogP contribution is 2.38. The smallest absolute Gasteiger partial charge is 0.325 e. The Morgan fingerprint density at radius 2 is 1.50 bits per heavy atom. The second kappa shape index (κ2) is 9.23. The molecule has 0 saturated heterocycles. The van der Waals surface area contributed by atoms with Gasteiger partial charge in [0.1, 0.15) is 5.78 Å². The molecule has 0 aliphatic heterocycles. The molecule has 0 aliphatic rings. The number of hydrogen-bond acceptors (Lipinski definition) is 3. The van der Waals surface area contributed by atoms with Crippen molar-refractivity contribution < 1.29 is 9.90 Å². The summed E-state index contributed by atoms with van der Waals surface area (Å²) >= 11 is 0. The van der Waals surface area contributed by atoms with Crippen LogP contribution in [0.25, 0.3) is 0 Å². The molecule has 1 heterocycles. The van der Waals surface area contributed by atoms with Crippen LogP contribution in [0.4, 0.5) is 0 Å². The summed E-state index contributed by atoms with van der Waals surface area (Å²) in [7, 11) is -1.07. The molecule has 132 valence electrons. The van der Waals surface area contributed by atoms with Crippen LogP contribution in [0.3, 0.4) is 0 Å². The maximum atomic E-state index is 12.1. The predicted octanol–water partition coefficient (Wildman–Crippen LogP) is 2.76. The molecule has 0 aliphatic carbocycles. The van der Waals surface area contributed by atoms with E-state index in [1.807, 2.05) is 78.9 Å². The normalized spacial score (nSPS) is 12.0. The number of nitrogens with one attached hydrogen (secondary N) is 1. The lowest BCUT2D eigenvalue weighted by Crippen LogP contribution is -2.41. The summed E-state index contributed by atoms with van der Waals surface area (Å²) < 4.78 is 0. The molecule has 5 heteroatoms. The third-order valence-corrected chi connectivity index (χ3v) is 6.63. The van der Waals surface area contributed by atoms with Crippen molar-refractivity contribution in [3.63, 3.8) is 0 Å². The molecule has 0 spiro atoms. The first-order valence-electron chi connectivity index (χ1n) is 8.51. The standard InChI is InChI=1S/C21H21N2O2P/c24-21(25)20(23-16-14-17-9-7-8-15-22-17)26(18-10-3-1-4-11-18)19-12-5-2-6-13-19/h1-13,15,20,23H,14,16H2,(H,24,25). The lowest BCUT2D eigenvalue weighted by atomic mass is 10.3. The minimum Gasteiger partial charge on any atom is -0.480 e. The van der Waals surface area contributed by atoms with Crippen LogP contribution in [0.2, 0.25) is 0 Å². The third kappa shape index (κ3) is 4.75. The summed E-state index contributed by atoms with van der Waals surface area (Å²) in [6.45, 7) is 0.562. The number of pyridine rings is 1. The third-order valence-electron chi connectivity index (χ3n) is 4.01. The van der Waals surface area contributed by atoms with Gasteiger partial charge in [-0.15, -0.1) is 0 Å². The molecule has 3 rings (SSSR count). The number of aromatic nitrogens is 1. The molecule has 4 nitrogen and oxygen atoms in total. The summed E-state index contributed by atoms with van der Waals surface area (Å²) in [5.41, 5.74) is 0.952. The van der Waals surface area contributed by atoms with Crippen LogP contribution in [0.15, 0.2) is 85.1 Å². The summed E-state index contributed by atoms with van der Waals surface area (Å²) in [5, 5.41) is 15.3. The maximum Gasteiger partial charge on any atom is 0.325 e. The lowest BCUT2D eigenvalue weighted by Gasteiger charge is -2.26. The van der Waals surface area contributed by atoms with Crippen molar-refractivity contribution in [1.29, 1.82) is 0 Å². The van der Waals surface area contributed by atoms with Gasteiger partial charge in [-0.2, -0.15) is 0 Å². The van der Waals surface area contributed by atoms with Gasteiger partial charge in [0.05, 0.1) is 0 Å². The average molecular weight is 364 g/mol. The SMILES string of the molecule is O=C(O)C(NCCc1ccccn1)P(c1ccccc1)c1ccccc1. The number of aliphatic carboxylic acids is 1. The zero-order valence-electron chi connectivity index (χ0n) is 14.3. The van der Waals surface area contributed by atoms with Gasteiger partial charge in [-0.05, 0) is 30.7 Å². The van der Waals surface area contributed by atoms with Crippen LogP contribution in [0, 0.1) is 0 Å². The Morgan fingerprint density at radius 3 is 2.00 bits per heavy atom. The number of carboxylic acids is 1. The Kier molecular flexibility index (Phi) is 6.48. The topological polar surface area (TPSA) is 62.2 Å². The van der Waals surface area contributed by atoms with Gasteiger partial charge in [-0.1, -0.05) is 66.7 Å². The summed E-state index contributed by atoms with van der Waals surface area (Å²) in [5.74, 6) is -1.48. The first-order valence-corrected chi connectivity index (χ1v) is 9.92. The Labute approximate surface area is 154 Å². The van der Waals surface area contributed by atoms with E-state index in [0.29, 0.717) is 13.0 Å². The molecule has 0 radical (unpaired) electrons. The number of nitrogens with zero attached hydrogens (tertiary/aromatic N) is 1. The van der Waals surface area contributed by atoms with E-state index in [1.165, 1.54) is 0 Å². The van der Waals surface area contributed by atoms with E-state index >= 15 is 0 Å². The highest BCUT2D eigenvalue weighted by molar-refractivity contribution is 7.74. The van der Waals surface area contributed by atoms with Gasteiger partial charge in [0, 0.05) is 24.9 Å². The van der Waals surface area contributed by atoms with Gasteiger partial charge in [0.2, 0.25) is 0 Å². The molecular formula is C21H21N2O2P. The average Bonchev–Trinajstić information content (AvgIpc) is 2.69. The molecule has 2 aromatic carbocycles. The molecule has 2 N–H and O–H groups in total. The minimum absolute atomic E-state index is 0.562. The van der Waals surface area contributed by atoms with E-state index in [4.69, 9.17) is 0 Å². The molecular weight excluding hydrogens is 343 g/mol. The van der Waals surface area contributed by atoms with Crippen molar-refractivity contribution in [2.24, 2.45) is 0 Å². The van der Waals surface area contributed by atoms with E-state index in [1.54, 1.807) is 6.20 Å². The molecule has 1 atom stereocenters. The molecule has 26 heavy (non-hydrogen) atoms. The first-order chi connectivity index (χ1) is 12.8. The Morgan fingerprint density at radius 1 is 0.923 bits per heavy atom. The highest BCUT2D eigenvalue weighted by Gasteiger charge is 2.30. The Hall–Kier alpha value is -2.55. The van der Waals surface area contributed by atoms with Crippen molar-refractivity contribution >= 4 is 24.5 Å². The molecule has 0 bridgehead atoms. The molecule has 3 aromatic rings. The fourth-order valence-electron chi connectivity index (χ4n) is 2.80. The quantitative estimate of drug-likeness (QED) is 0.604. The van der Waals surface area contributed by atoms with Crippen molar-refractivity contribution in [3.8, 4) is 0 Å². The highest BCUT2D eigenvalue weighted by atomic mass is 31.1. The molecule has 0 amide bonds. The van der Waals surface area contributed by atoms with E-state index in [9.17, 15) is 9.90 Å². The second-order valence-corrected chi connectivity index (χ2v) is 8.10. The van der Waals surface area contributed by atoms with Gasteiger partial charge in [-0.3, -0.25) is 15.1 Å². The van der Waals surface area contributed by atoms with E-state index in [-0.39, 0.29) is 0 Å². The van der Waals surface area contributed by atoms with Gasteiger partial charge < -0.3 is 5.11 Å². The molecule has 1 aromatic heterocycles. The van der Waals surface area contributed by atoms with Crippen LogP contribution in [-0.4, -0.2) is 28.4 Å². The van der Waals surface area contributed by atoms with Crippen molar-refractivity contribution in [3.05, 3.63) is 90.8 Å². The van der Waals surface area contributed by atoms with Crippen LogP contribution >= 0.6 is 7.92 Å². The molecule has 0 fully saturated rings. The second-order valence-electron chi connectivity index (χ2n) is 5.81. The maximum absolute atomic E-state index is 12.1. The van der Waals surface area contributed by atoms with Gasteiger partial charge in [-0.25, -0.2) is 0 Å². The van der Waals surface area contributed by atoms with Crippen molar-refractivity contribution in [2.75, 3.05) is 6.54 Å². The van der Waals surface area contributed by atoms with Gasteiger partial charge in [0.25, 0.3) is 0 Å². The fourth-order valence-corrected chi connectivity index (χ4v) is 5.21. The van der Waals surface area contributed by atoms with Crippen LogP contribution in [0.5, 0.6) is 0 Å². The fraction of sp³-hybridized carbons (Fsp3) is 0.143. The van der Waals surface area contributed by atoms with Crippen molar-refractivity contribution in [1.82, 2.24) is 10.3 Å². The lowest BCUT2D eigenvalue weighted by molar-refractivity contribution is -0.137. The monoisotopic (exact) mass is 364 g/mol. The number of benzene rings is 2. The van der Waals surface area contributed by atoms with E-state index < -0.39 is 19.7 Å². The summed E-state index contributed by atoms with van der Waals surface area (Å²) in [6.07, 6.45) is 2.45. The van der Waals surface area contributed by atoms with Crippen LogP contribution in [0.1, 0.15) is 5.69 Å². The Bertz CT molecular complexity index is 774. The summed E-state index contributed by atoms with van der Waals surface area (Å²) in [6, 6.07) is 25.5. The molecule has 0 saturated carbocycles. The first kappa shape index (κ1) is 18.2. The van der Waals surface area contributed by atoms with Gasteiger partial charge in [0.15, 0.2) is 0 Å².